The van der Waals surface area contributed by atoms with Crippen molar-refractivity contribution < 1.29 is 4.74 Å². The summed E-state index contributed by atoms with van der Waals surface area (Å²) in [5.41, 5.74) is 2.41. The summed E-state index contributed by atoms with van der Waals surface area (Å²) in [6.45, 7) is 7.37. The van der Waals surface area contributed by atoms with Gasteiger partial charge in [-0.1, -0.05) is 20.3 Å². The molecular weight excluding hydrogens is 318 g/mol. The van der Waals surface area contributed by atoms with Crippen molar-refractivity contribution in [3.63, 3.8) is 0 Å². The Kier molecular flexibility index (Phi) is 7.77. The van der Waals surface area contributed by atoms with Crippen molar-refractivity contribution in [2.24, 2.45) is 0 Å². The van der Waals surface area contributed by atoms with E-state index < -0.39 is 0 Å². The Bertz CT molecular complexity index is 406. The van der Waals surface area contributed by atoms with Gasteiger partial charge in [-0.25, -0.2) is 0 Å². The van der Waals surface area contributed by atoms with Crippen LogP contribution >= 0.6 is 15.9 Å². The highest BCUT2D eigenvalue weighted by atomic mass is 79.9. The van der Waals surface area contributed by atoms with Crippen LogP contribution in [0.5, 0.6) is 0 Å². The maximum Gasteiger partial charge on any atom is 0.0766 e. The number of halogens is 1. The van der Waals surface area contributed by atoms with Crippen molar-refractivity contribution in [3.8, 4) is 0 Å². The van der Waals surface area contributed by atoms with Crippen LogP contribution in [0.25, 0.3) is 0 Å². The van der Waals surface area contributed by atoms with Crippen LogP contribution < -0.4 is 5.32 Å². The molecule has 0 radical (unpaired) electrons. The Hall–Kier alpha value is -0.390. The second-order valence-electron chi connectivity index (χ2n) is 5.04. The molecule has 2 atom stereocenters. The van der Waals surface area contributed by atoms with Crippen LogP contribution in [0.3, 0.4) is 0 Å². The minimum atomic E-state index is 0.238. The third kappa shape index (κ3) is 4.06. The minimum absolute atomic E-state index is 0.238. The molecular formula is C15H28BrN3O. The number of nitrogens with zero attached hydrogens (tertiary/aromatic N) is 2. The fourth-order valence-corrected chi connectivity index (χ4v) is 3.33. The molecule has 0 aliphatic heterocycles. The molecule has 2 unspecified atom stereocenters. The van der Waals surface area contributed by atoms with Crippen molar-refractivity contribution in [2.45, 2.75) is 65.1 Å². The minimum Gasteiger partial charge on any atom is -0.380 e. The zero-order chi connectivity index (χ0) is 15.1. The fourth-order valence-electron chi connectivity index (χ4n) is 2.61. The van der Waals surface area contributed by atoms with Crippen LogP contribution in [-0.2, 0) is 24.1 Å². The summed E-state index contributed by atoms with van der Waals surface area (Å²) in [6, 6.07) is 0.308. The molecule has 0 spiro atoms. The summed E-state index contributed by atoms with van der Waals surface area (Å²) in [5, 5.41) is 8.07. The molecule has 1 aromatic heterocycles. The second kappa shape index (κ2) is 8.80. The standard InChI is InChI=1S/C15H28BrN3O/c1-6-9-14(20-5)12(17-4)10-13-15(16)11(7-2)18-19(13)8-3/h12,14,17H,6-10H2,1-5H3. The average molecular weight is 346 g/mol. The summed E-state index contributed by atoms with van der Waals surface area (Å²) in [5.74, 6) is 0. The third-order valence-corrected chi connectivity index (χ3v) is 4.72. The Labute approximate surface area is 131 Å². The highest BCUT2D eigenvalue weighted by molar-refractivity contribution is 9.10. The summed E-state index contributed by atoms with van der Waals surface area (Å²) in [7, 11) is 3.81. The van der Waals surface area contributed by atoms with Gasteiger partial charge in [0.05, 0.1) is 22.0 Å². The summed E-state index contributed by atoms with van der Waals surface area (Å²) < 4.78 is 8.92. The largest absolute Gasteiger partial charge is 0.380 e. The van der Waals surface area contributed by atoms with Crippen LogP contribution in [-0.4, -0.2) is 36.1 Å². The molecule has 0 amide bonds. The van der Waals surface area contributed by atoms with E-state index in [1.807, 2.05) is 7.05 Å². The molecule has 116 valence electrons. The van der Waals surface area contributed by atoms with E-state index in [-0.39, 0.29) is 6.10 Å². The van der Waals surface area contributed by atoms with E-state index >= 15 is 0 Å². The van der Waals surface area contributed by atoms with E-state index in [1.165, 1.54) is 5.69 Å². The van der Waals surface area contributed by atoms with Gasteiger partial charge in [0.1, 0.15) is 0 Å². The average Bonchev–Trinajstić information content (AvgIpc) is 2.78. The molecule has 1 aromatic rings. The molecule has 0 fully saturated rings. The monoisotopic (exact) mass is 345 g/mol. The van der Waals surface area contributed by atoms with Gasteiger partial charge in [0.15, 0.2) is 0 Å². The first-order valence-corrected chi connectivity index (χ1v) is 8.36. The molecule has 1 N–H and O–H groups in total. The summed E-state index contributed by atoms with van der Waals surface area (Å²) >= 11 is 3.72. The third-order valence-electron chi connectivity index (χ3n) is 3.80. The van der Waals surface area contributed by atoms with Crippen molar-refractivity contribution in [3.05, 3.63) is 15.9 Å². The topological polar surface area (TPSA) is 39.1 Å². The van der Waals surface area contributed by atoms with Gasteiger partial charge in [-0.2, -0.15) is 5.10 Å². The maximum atomic E-state index is 5.66. The van der Waals surface area contributed by atoms with Crippen LogP contribution in [0, 0.1) is 0 Å². The predicted molar refractivity (Wildman–Crippen MR) is 87.2 cm³/mol. The lowest BCUT2D eigenvalue weighted by molar-refractivity contribution is 0.0626. The number of ether oxygens (including phenoxy) is 1. The van der Waals surface area contributed by atoms with Crippen molar-refractivity contribution >= 4 is 15.9 Å². The number of aromatic nitrogens is 2. The van der Waals surface area contributed by atoms with Gasteiger partial charge in [0.2, 0.25) is 0 Å². The predicted octanol–water partition coefficient (Wildman–Crippen LogP) is 3.17. The van der Waals surface area contributed by atoms with E-state index in [0.717, 1.165) is 42.4 Å². The molecule has 1 heterocycles. The van der Waals surface area contributed by atoms with E-state index in [9.17, 15) is 0 Å². The Morgan fingerprint density at radius 1 is 1.35 bits per heavy atom. The number of hydrogen-bond acceptors (Lipinski definition) is 3. The molecule has 4 nitrogen and oxygen atoms in total. The highest BCUT2D eigenvalue weighted by Crippen LogP contribution is 2.25. The zero-order valence-corrected chi connectivity index (χ0v) is 15.0. The van der Waals surface area contributed by atoms with Gasteiger partial charge in [0.25, 0.3) is 0 Å². The number of nitrogens with one attached hydrogen (secondary N) is 1. The molecule has 20 heavy (non-hydrogen) atoms. The lowest BCUT2D eigenvalue weighted by Gasteiger charge is -2.26. The SMILES string of the molecule is CCCC(OC)C(Cc1c(Br)c(CC)nn1CC)NC. The molecule has 0 aromatic carbocycles. The van der Waals surface area contributed by atoms with Crippen molar-refractivity contribution in [1.82, 2.24) is 15.1 Å². The fraction of sp³-hybridized carbons (Fsp3) is 0.800. The van der Waals surface area contributed by atoms with Crippen molar-refractivity contribution in [2.75, 3.05) is 14.2 Å². The molecule has 0 saturated carbocycles. The quantitative estimate of drug-likeness (QED) is 0.747. The number of rotatable bonds is 9. The normalized spacial score (nSPS) is 14.5. The second-order valence-corrected chi connectivity index (χ2v) is 5.83. The van der Waals surface area contributed by atoms with Gasteiger partial charge in [-0.15, -0.1) is 0 Å². The molecule has 1 rings (SSSR count). The van der Waals surface area contributed by atoms with Crippen molar-refractivity contribution in [1.29, 1.82) is 0 Å². The lowest BCUT2D eigenvalue weighted by atomic mass is 10.0. The summed E-state index contributed by atoms with van der Waals surface area (Å²) in [6.07, 6.45) is 4.32. The van der Waals surface area contributed by atoms with Gasteiger partial charge in [-0.3, -0.25) is 4.68 Å². The molecule has 5 heteroatoms. The first-order valence-electron chi connectivity index (χ1n) is 7.56. The number of likely N-dealkylation sites (N-methyl/N-ethyl adjacent to an activating group) is 1. The van der Waals surface area contributed by atoms with E-state index in [2.05, 4.69) is 51.8 Å². The van der Waals surface area contributed by atoms with Gasteiger partial charge in [0, 0.05) is 26.1 Å². The Morgan fingerprint density at radius 3 is 2.50 bits per heavy atom. The zero-order valence-electron chi connectivity index (χ0n) is 13.4. The van der Waals surface area contributed by atoms with Crippen LogP contribution in [0.4, 0.5) is 0 Å². The first-order chi connectivity index (χ1) is 9.62. The molecule has 0 saturated heterocycles. The van der Waals surface area contributed by atoms with E-state index in [0.29, 0.717) is 6.04 Å². The Balaban J connectivity index is 2.96. The highest BCUT2D eigenvalue weighted by Gasteiger charge is 2.23. The molecule has 0 aliphatic rings. The van der Waals surface area contributed by atoms with E-state index in [4.69, 9.17) is 4.74 Å². The van der Waals surface area contributed by atoms with Gasteiger partial charge >= 0.3 is 0 Å². The maximum absolute atomic E-state index is 5.66. The molecule has 0 aliphatic carbocycles. The number of methoxy groups -OCH3 is 1. The van der Waals surface area contributed by atoms with Crippen LogP contribution in [0.1, 0.15) is 45.0 Å². The first kappa shape index (κ1) is 17.7. The van der Waals surface area contributed by atoms with Gasteiger partial charge < -0.3 is 10.1 Å². The smallest absolute Gasteiger partial charge is 0.0766 e. The van der Waals surface area contributed by atoms with E-state index in [1.54, 1.807) is 7.11 Å². The van der Waals surface area contributed by atoms with Gasteiger partial charge in [-0.05, 0) is 42.7 Å². The molecule has 0 bridgehead atoms. The Morgan fingerprint density at radius 2 is 2.05 bits per heavy atom. The number of hydrogen-bond donors (Lipinski definition) is 1. The lowest BCUT2D eigenvalue weighted by Crippen LogP contribution is -2.41. The van der Waals surface area contributed by atoms with Crippen LogP contribution in [0.2, 0.25) is 0 Å². The number of aryl methyl sites for hydroxylation is 2. The van der Waals surface area contributed by atoms with Crippen LogP contribution in [0.15, 0.2) is 4.47 Å². The summed E-state index contributed by atoms with van der Waals surface area (Å²) in [4.78, 5) is 0.